The van der Waals surface area contributed by atoms with Crippen molar-refractivity contribution in [1.29, 1.82) is 0 Å². The molecule has 2 unspecified atom stereocenters. The van der Waals surface area contributed by atoms with Crippen molar-refractivity contribution in [3.8, 4) is 0 Å². The summed E-state index contributed by atoms with van der Waals surface area (Å²) in [4.78, 5) is 12.9. The summed E-state index contributed by atoms with van der Waals surface area (Å²) < 4.78 is 0. The molecule has 0 aromatic heterocycles. The van der Waals surface area contributed by atoms with Crippen molar-refractivity contribution in [2.24, 2.45) is 23.7 Å². The number of Topliss-reactive ketones (excluding diaryl/α,β-unsaturated/α-hetero) is 1. The lowest BCUT2D eigenvalue weighted by Crippen LogP contribution is -2.54. The first kappa shape index (κ1) is 18.0. The number of rotatable bonds is 9. The van der Waals surface area contributed by atoms with E-state index >= 15 is 0 Å². The second-order valence-electron chi connectivity index (χ2n) is 9.09. The SMILES string of the molecule is CC(CC1CCC1)C(=O)C(NC(C)(C)CC1CCC1)C(C)C. The van der Waals surface area contributed by atoms with E-state index in [1.807, 2.05) is 0 Å². The molecule has 0 saturated heterocycles. The molecular formula is C20H37NO. The zero-order valence-corrected chi connectivity index (χ0v) is 15.5. The molecule has 0 aromatic carbocycles. The molecule has 2 heteroatoms. The van der Waals surface area contributed by atoms with Gasteiger partial charge in [0.1, 0.15) is 0 Å². The van der Waals surface area contributed by atoms with Crippen LogP contribution in [0.2, 0.25) is 0 Å². The molecule has 22 heavy (non-hydrogen) atoms. The van der Waals surface area contributed by atoms with E-state index in [9.17, 15) is 4.79 Å². The molecule has 2 fully saturated rings. The minimum atomic E-state index is 0.0187. The number of nitrogens with one attached hydrogen (secondary N) is 1. The maximum atomic E-state index is 12.9. The van der Waals surface area contributed by atoms with Gasteiger partial charge in [0.2, 0.25) is 0 Å². The Kier molecular flexibility index (Phi) is 6.10. The molecule has 0 heterocycles. The van der Waals surface area contributed by atoms with Crippen LogP contribution in [-0.2, 0) is 4.79 Å². The van der Waals surface area contributed by atoms with Crippen LogP contribution in [0.3, 0.4) is 0 Å². The molecule has 2 atom stereocenters. The van der Waals surface area contributed by atoms with Crippen LogP contribution < -0.4 is 5.32 Å². The molecule has 2 aliphatic carbocycles. The predicted octanol–water partition coefficient (Wildman–Crippen LogP) is 4.96. The van der Waals surface area contributed by atoms with Crippen molar-refractivity contribution < 1.29 is 4.79 Å². The Morgan fingerprint density at radius 3 is 2.00 bits per heavy atom. The molecule has 2 aliphatic rings. The second kappa shape index (κ2) is 7.47. The molecule has 0 bridgehead atoms. The fourth-order valence-electron chi connectivity index (χ4n) is 4.12. The van der Waals surface area contributed by atoms with Crippen LogP contribution in [0.5, 0.6) is 0 Å². The van der Waals surface area contributed by atoms with Crippen molar-refractivity contribution >= 4 is 5.78 Å². The van der Waals surface area contributed by atoms with Gasteiger partial charge in [-0.25, -0.2) is 0 Å². The van der Waals surface area contributed by atoms with Crippen molar-refractivity contribution in [3.05, 3.63) is 0 Å². The molecule has 1 N–H and O–H groups in total. The topological polar surface area (TPSA) is 29.1 Å². The zero-order chi connectivity index (χ0) is 16.3. The minimum Gasteiger partial charge on any atom is -0.302 e. The van der Waals surface area contributed by atoms with Gasteiger partial charge in [-0.05, 0) is 44.4 Å². The number of carbonyl (C=O) groups is 1. The monoisotopic (exact) mass is 307 g/mol. The Labute approximate surface area is 137 Å². The highest BCUT2D eigenvalue weighted by Gasteiger charge is 2.35. The Bertz CT molecular complexity index is 366. The molecule has 128 valence electrons. The van der Waals surface area contributed by atoms with Gasteiger partial charge >= 0.3 is 0 Å². The highest BCUT2D eigenvalue weighted by molar-refractivity contribution is 5.86. The van der Waals surface area contributed by atoms with Gasteiger partial charge in [0.25, 0.3) is 0 Å². The Hall–Kier alpha value is -0.370. The van der Waals surface area contributed by atoms with Crippen molar-refractivity contribution in [3.63, 3.8) is 0 Å². The number of hydrogen-bond acceptors (Lipinski definition) is 2. The van der Waals surface area contributed by atoms with Gasteiger partial charge in [-0.2, -0.15) is 0 Å². The van der Waals surface area contributed by atoms with E-state index in [1.54, 1.807) is 0 Å². The normalized spacial score (nSPS) is 23.0. The van der Waals surface area contributed by atoms with E-state index in [4.69, 9.17) is 0 Å². The van der Waals surface area contributed by atoms with E-state index in [2.05, 4.69) is 39.9 Å². The van der Waals surface area contributed by atoms with Crippen LogP contribution in [-0.4, -0.2) is 17.4 Å². The Balaban J connectivity index is 1.90. The molecule has 0 radical (unpaired) electrons. The van der Waals surface area contributed by atoms with E-state index in [0.717, 1.165) is 18.3 Å². The average molecular weight is 308 g/mol. The van der Waals surface area contributed by atoms with Gasteiger partial charge < -0.3 is 5.32 Å². The summed E-state index contributed by atoms with van der Waals surface area (Å²) in [6.07, 6.45) is 10.5. The maximum absolute atomic E-state index is 12.9. The summed E-state index contributed by atoms with van der Waals surface area (Å²) in [5.74, 6) is 2.72. The molecule has 0 aromatic rings. The lowest BCUT2D eigenvalue weighted by atomic mass is 9.75. The second-order valence-corrected chi connectivity index (χ2v) is 9.09. The van der Waals surface area contributed by atoms with Gasteiger partial charge in [-0.15, -0.1) is 0 Å². The van der Waals surface area contributed by atoms with Crippen LogP contribution in [0.4, 0.5) is 0 Å². The maximum Gasteiger partial charge on any atom is 0.152 e. The summed E-state index contributed by atoms with van der Waals surface area (Å²) in [5.41, 5.74) is 0.0753. The first-order valence-corrected chi connectivity index (χ1v) is 9.60. The van der Waals surface area contributed by atoms with E-state index in [1.165, 1.54) is 44.9 Å². The molecule has 2 rings (SSSR count). The third-order valence-electron chi connectivity index (χ3n) is 5.94. The Morgan fingerprint density at radius 2 is 1.59 bits per heavy atom. The fourth-order valence-corrected chi connectivity index (χ4v) is 4.12. The molecule has 0 amide bonds. The van der Waals surface area contributed by atoms with Crippen molar-refractivity contribution in [1.82, 2.24) is 5.32 Å². The number of hydrogen-bond donors (Lipinski definition) is 1. The van der Waals surface area contributed by atoms with Crippen LogP contribution in [0.1, 0.15) is 86.0 Å². The molecule has 0 spiro atoms. The largest absolute Gasteiger partial charge is 0.302 e. The summed E-state index contributed by atoms with van der Waals surface area (Å²) in [6, 6.07) is 0.0187. The van der Waals surface area contributed by atoms with Gasteiger partial charge in [-0.3, -0.25) is 4.79 Å². The van der Waals surface area contributed by atoms with Crippen molar-refractivity contribution in [2.45, 2.75) is 97.6 Å². The third-order valence-corrected chi connectivity index (χ3v) is 5.94. The summed E-state index contributed by atoms with van der Waals surface area (Å²) in [5, 5.41) is 3.73. The quantitative estimate of drug-likeness (QED) is 0.652. The number of carbonyl (C=O) groups excluding carboxylic acids is 1. The zero-order valence-electron chi connectivity index (χ0n) is 15.5. The van der Waals surface area contributed by atoms with Gasteiger partial charge in [0, 0.05) is 11.5 Å². The van der Waals surface area contributed by atoms with Gasteiger partial charge in [-0.1, -0.05) is 59.3 Å². The van der Waals surface area contributed by atoms with E-state index in [0.29, 0.717) is 11.7 Å². The summed E-state index contributed by atoms with van der Waals surface area (Å²) >= 11 is 0. The minimum absolute atomic E-state index is 0.0187. The fraction of sp³-hybridized carbons (Fsp3) is 0.950. The summed E-state index contributed by atoms with van der Waals surface area (Å²) in [7, 11) is 0. The lowest BCUT2D eigenvalue weighted by molar-refractivity contribution is -0.127. The van der Waals surface area contributed by atoms with Crippen LogP contribution in [0.15, 0.2) is 0 Å². The smallest absolute Gasteiger partial charge is 0.152 e. The average Bonchev–Trinajstić information content (AvgIpc) is 2.34. The first-order chi connectivity index (χ1) is 10.3. The van der Waals surface area contributed by atoms with E-state index < -0.39 is 0 Å². The Morgan fingerprint density at radius 1 is 1.05 bits per heavy atom. The highest BCUT2D eigenvalue weighted by Crippen LogP contribution is 2.35. The third kappa shape index (κ3) is 4.81. The molecule has 2 saturated carbocycles. The van der Waals surface area contributed by atoms with Crippen LogP contribution >= 0.6 is 0 Å². The van der Waals surface area contributed by atoms with Crippen molar-refractivity contribution in [2.75, 3.05) is 0 Å². The van der Waals surface area contributed by atoms with E-state index in [-0.39, 0.29) is 17.5 Å². The van der Waals surface area contributed by atoms with Gasteiger partial charge in [0.15, 0.2) is 5.78 Å². The standard InChI is InChI=1S/C20H37NO/c1-14(2)18(19(22)15(3)12-16-8-6-9-16)21-20(4,5)13-17-10-7-11-17/h14-18,21H,6-13H2,1-5H3. The van der Waals surface area contributed by atoms with Gasteiger partial charge in [0.05, 0.1) is 6.04 Å². The molecule has 2 nitrogen and oxygen atoms in total. The summed E-state index contributed by atoms with van der Waals surface area (Å²) in [6.45, 7) is 11.1. The molecule has 0 aliphatic heterocycles. The lowest BCUT2D eigenvalue weighted by Gasteiger charge is -2.39. The van der Waals surface area contributed by atoms with Crippen LogP contribution in [0, 0.1) is 23.7 Å². The highest BCUT2D eigenvalue weighted by atomic mass is 16.1. The first-order valence-electron chi connectivity index (χ1n) is 9.60. The molecular weight excluding hydrogens is 270 g/mol. The van der Waals surface area contributed by atoms with Crippen LogP contribution in [0.25, 0.3) is 0 Å². The number of ketones is 1. The predicted molar refractivity (Wildman–Crippen MR) is 93.9 cm³/mol.